The van der Waals surface area contributed by atoms with Crippen LogP contribution >= 0.6 is 27.3 Å². The van der Waals surface area contributed by atoms with Crippen molar-refractivity contribution in [3.8, 4) is 0 Å². The highest BCUT2D eigenvalue weighted by Crippen LogP contribution is 2.33. The maximum Gasteiger partial charge on any atom is 0.0332 e. The summed E-state index contributed by atoms with van der Waals surface area (Å²) in [6.45, 7) is 5.84. The summed E-state index contributed by atoms with van der Waals surface area (Å²) in [6, 6.07) is 2.92. The minimum absolute atomic E-state index is 0.416. The van der Waals surface area contributed by atoms with Gasteiger partial charge in [-0.15, -0.1) is 11.3 Å². The molecule has 106 valence electrons. The van der Waals surface area contributed by atoms with Gasteiger partial charge in [-0.05, 0) is 41.8 Å². The molecule has 1 saturated carbocycles. The van der Waals surface area contributed by atoms with Crippen LogP contribution in [0, 0.1) is 0 Å². The number of halogens is 1. The van der Waals surface area contributed by atoms with E-state index in [1.807, 2.05) is 11.3 Å². The smallest absolute Gasteiger partial charge is 0.0332 e. The van der Waals surface area contributed by atoms with Gasteiger partial charge in [0.1, 0.15) is 0 Å². The molecule has 4 heteroatoms. The molecule has 1 atom stereocenters. The fourth-order valence-corrected chi connectivity index (χ4v) is 4.98. The van der Waals surface area contributed by atoms with E-state index in [-0.39, 0.29) is 0 Å². The van der Waals surface area contributed by atoms with Gasteiger partial charge in [0, 0.05) is 45.9 Å². The first-order chi connectivity index (χ1) is 9.17. The van der Waals surface area contributed by atoms with Crippen molar-refractivity contribution in [1.82, 2.24) is 10.2 Å². The van der Waals surface area contributed by atoms with Crippen LogP contribution in [-0.4, -0.2) is 29.6 Å². The van der Waals surface area contributed by atoms with Crippen LogP contribution in [0.1, 0.15) is 43.9 Å². The standard InChI is InChI=1S/C15H23BrN2S/c1-12-8-17-15(5-3-2-4-6-15)11-18(12)9-14-7-13(16)10-19-14/h7,10,12,17H,2-6,8-9,11H2,1H3. The minimum atomic E-state index is 0.416. The van der Waals surface area contributed by atoms with Crippen molar-refractivity contribution in [1.29, 1.82) is 0 Å². The molecular weight excluding hydrogens is 320 g/mol. The quantitative estimate of drug-likeness (QED) is 0.873. The van der Waals surface area contributed by atoms with E-state index in [0.29, 0.717) is 11.6 Å². The average Bonchev–Trinajstić information content (AvgIpc) is 2.81. The van der Waals surface area contributed by atoms with E-state index in [9.17, 15) is 0 Å². The monoisotopic (exact) mass is 342 g/mol. The number of nitrogens with one attached hydrogen (secondary N) is 1. The minimum Gasteiger partial charge on any atom is -0.308 e. The molecule has 0 amide bonds. The molecule has 1 spiro atoms. The normalized spacial score (nSPS) is 27.8. The molecular formula is C15H23BrN2S. The second-order valence-corrected chi connectivity index (χ2v) is 8.12. The van der Waals surface area contributed by atoms with Gasteiger partial charge < -0.3 is 5.32 Å². The molecule has 1 unspecified atom stereocenters. The molecule has 0 bridgehead atoms. The Morgan fingerprint density at radius 3 is 2.89 bits per heavy atom. The first kappa shape index (κ1) is 14.1. The van der Waals surface area contributed by atoms with Crippen molar-refractivity contribution in [2.75, 3.05) is 13.1 Å². The molecule has 0 radical (unpaired) electrons. The lowest BCUT2D eigenvalue weighted by atomic mass is 9.79. The number of thiophene rings is 1. The Kier molecular flexibility index (Phi) is 4.32. The van der Waals surface area contributed by atoms with Gasteiger partial charge in [-0.1, -0.05) is 19.3 Å². The molecule has 2 nitrogen and oxygen atoms in total. The number of nitrogens with zero attached hydrogens (tertiary/aromatic N) is 1. The number of rotatable bonds is 2. The second kappa shape index (κ2) is 5.84. The third-order valence-corrected chi connectivity index (χ3v) is 6.38. The first-order valence-electron chi connectivity index (χ1n) is 7.39. The van der Waals surface area contributed by atoms with E-state index in [1.54, 1.807) is 0 Å². The predicted molar refractivity (Wildman–Crippen MR) is 85.7 cm³/mol. The lowest BCUT2D eigenvalue weighted by molar-refractivity contribution is 0.0580. The number of hydrogen-bond donors (Lipinski definition) is 1. The number of hydrogen-bond acceptors (Lipinski definition) is 3. The summed E-state index contributed by atoms with van der Waals surface area (Å²) >= 11 is 5.43. The Hall–Kier alpha value is 0.1000. The second-order valence-electron chi connectivity index (χ2n) is 6.21. The molecule has 2 aliphatic rings. The van der Waals surface area contributed by atoms with Gasteiger partial charge in [-0.3, -0.25) is 4.90 Å². The zero-order chi connectivity index (χ0) is 13.3. The fraction of sp³-hybridized carbons (Fsp3) is 0.733. The van der Waals surface area contributed by atoms with Crippen LogP contribution in [0.25, 0.3) is 0 Å². The van der Waals surface area contributed by atoms with Crippen LogP contribution in [0.3, 0.4) is 0 Å². The Morgan fingerprint density at radius 2 is 2.21 bits per heavy atom. The van der Waals surface area contributed by atoms with Gasteiger partial charge in [0.2, 0.25) is 0 Å². The van der Waals surface area contributed by atoms with Gasteiger partial charge in [-0.25, -0.2) is 0 Å². The van der Waals surface area contributed by atoms with Crippen molar-refractivity contribution < 1.29 is 0 Å². The van der Waals surface area contributed by atoms with Gasteiger partial charge in [0.15, 0.2) is 0 Å². The summed E-state index contributed by atoms with van der Waals surface area (Å²) in [5.41, 5.74) is 0.416. The Balaban J connectivity index is 1.68. The molecule has 2 fully saturated rings. The molecule has 3 rings (SSSR count). The molecule has 1 saturated heterocycles. The Morgan fingerprint density at radius 1 is 1.42 bits per heavy atom. The summed E-state index contributed by atoms with van der Waals surface area (Å²) in [4.78, 5) is 4.16. The maximum absolute atomic E-state index is 3.86. The molecule has 1 aliphatic heterocycles. The summed E-state index contributed by atoms with van der Waals surface area (Å²) in [6.07, 6.45) is 6.96. The topological polar surface area (TPSA) is 15.3 Å². The average molecular weight is 343 g/mol. The van der Waals surface area contributed by atoms with Crippen molar-refractivity contribution in [3.05, 3.63) is 20.8 Å². The molecule has 1 aliphatic carbocycles. The van der Waals surface area contributed by atoms with Crippen molar-refractivity contribution in [2.45, 2.75) is 57.2 Å². The number of piperazine rings is 1. The van der Waals surface area contributed by atoms with Crippen LogP contribution < -0.4 is 5.32 Å². The van der Waals surface area contributed by atoms with Gasteiger partial charge in [0.05, 0.1) is 0 Å². The lowest BCUT2D eigenvalue weighted by Crippen LogP contribution is -2.63. The first-order valence-corrected chi connectivity index (χ1v) is 9.06. The Labute approximate surface area is 128 Å². The van der Waals surface area contributed by atoms with E-state index < -0.39 is 0 Å². The van der Waals surface area contributed by atoms with E-state index in [4.69, 9.17) is 0 Å². The van der Waals surface area contributed by atoms with Crippen LogP contribution in [-0.2, 0) is 6.54 Å². The Bertz CT molecular complexity index is 426. The molecule has 1 aromatic heterocycles. The highest BCUT2D eigenvalue weighted by atomic mass is 79.9. The SMILES string of the molecule is CC1CNC2(CCCCC2)CN1Cc1cc(Br)cs1. The molecule has 0 aromatic carbocycles. The predicted octanol–water partition coefficient (Wildman–Crippen LogP) is 4.01. The van der Waals surface area contributed by atoms with E-state index in [2.05, 4.69) is 44.5 Å². The lowest BCUT2D eigenvalue weighted by Gasteiger charge is -2.49. The highest BCUT2D eigenvalue weighted by molar-refractivity contribution is 9.10. The fourth-order valence-electron chi connectivity index (χ4n) is 3.51. The van der Waals surface area contributed by atoms with E-state index >= 15 is 0 Å². The summed E-state index contributed by atoms with van der Waals surface area (Å²) in [5, 5.41) is 6.05. The molecule has 1 aromatic rings. The highest BCUT2D eigenvalue weighted by Gasteiger charge is 2.38. The van der Waals surface area contributed by atoms with Crippen molar-refractivity contribution >= 4 is 27.3 Å². The van der Waals surface area contributed by atoms with Crippen LogP contribution in [0.15, 0.2) is 15.9 Å². The summed E-state index contributed by atoms with van der Waals surface area (Å²) in [5.74, 6) is 0. The maximum atomic E-state index is 3.86. The van der Waals surface area contributed by atoms with Crippen LogP contribution in [0.4, 0.5) is 0 Å². The zero-order valence-electron chi connectivity index (χ0n) is 11.6. The van der Waals surface area contributed by atoms with Gasteiger partial charge in [0.25, 0.3) is 0 Å². The molecule has 19 heavy (non-hydrogen) atoms. The largest absolute Gasteiger partial charge is 0.308 e. The molecule has 1 N–H and O–H groups in total. The zero-order valence-corrected chi connectivity index (χ0v) is 14.0. The van der Waals surface area contributed by atoms with Crippen LogP contribution in [0.2, 0.25) is 0 Å². The van der Waals surface area contributed by atoms with E-state index in [1.165, 1.54) is 48.0 Å². The summed E-state index contributed by atoms with van der Waals surface area (Å²) < 4.78 is 1.22. The van der Waals surface area contributed by atoms with Gasteiger partial charge in [-0.2, -0.15) is 0 Å². The third-order valence-electron chi connectivity index (χ3n) is 4.69. The van der Waals surface area contributed by atoms with Crippen molar-refractivity contribution in [2.24, 2.45) is 0 Å². The van der Waals surface area contributed by atoms with E-state index in [0.717, 1.165) is 13.1 Å². The van der Waals surface area contributed by atoms with Crippen molar-refractivity contribution in [3.63, 3.8) is 0 Å². The third kappa shape index (κ3) is 3.23. The molecule has 2 heterocycles. The van der Waals surface area contributed by atoms with Crippen LogP contribution in [0.5, 0.6) is 0 Å². The van der Waals surface area contributed by atoms with Gasteiger partial charge >= 0.3 is 0 Å². The summed E-state index contributed by atoms with van der Waals surface area (Å²) in [7, 11) is 0.